The van der Waals surface area contributed by atoms with Crippen molar-refractivity contribution in [1.29, 1.82) is 0 Å². The highest BCUT2D eigenvalue weighted by atomic mass is 32.1. The minimum atomic E-state index is 0.664. The van der Waals surface area contributed by atoms with E-state index in [9.17, 15) is 0 Å². The van der Waals surface area contributed by atoms with Gasteiger partial charge in [0, 0.05) is 6.42 Å². The first-order valence-corrected chi connectivity index (χ1v) is 3.68. The fraction of sp³-hybridized carbons (Fsp3) is 0.857. The summed E-state index contributed by atoms with van der Waals surface area (Å²) >= 11 is 4.88. The fourth-order valence-electron chi connectivity index (χ4n) is 0.512. The maximum absolute atomic E-state index is 4.88. The standard InChI is InChI=1S/C7H14OS/c1-4-6(2)5-7(9)8-3/h6H,4-5H2,1-3H3. The van der Waals surface area contributed by atoms with Gasteiger partial charge in [-0.1, -0.05) is 20.3 Å². The van der Waals surface area contributed by atoms with Gasteiger partial charge in [-0.2, -0.15) is 0 Å². The Kier molecular flexibility index (Phi) is 4.68. The van der Waals surface area contributed by atoms with E-state index < -0.39 is 0 Å². The minimum absolute atomic E-state index is 0.664. The average molecular weight is 146 g/mol. The van der Waals surface area contributed by atoms with Crippen molar-refractivity contribution < 1.29 is 4.74 Å². The Labute approximate surface area is 62.4 Å². The molecule has 9 heavy (non-hydrogen) atoms. The van der Waals surface area contributed by atoms with Crippen molar-refractivity contribution in [3.05, 3.63) is 0 Å². The Morgan fingerprint density at radius 2 is 2.22 bits per heavy atom. The lowest BCUT2D eigenvalue weighted by molar-refractivity contribution is 0.387. The zero-order valence-corrected chi connectivity index (χ0v) is 7.12. The number of ether oxygens (including phenoxy) is 1. The van der Waals surface area contributed by atoms with Gasteiger partial charge in [0.05, 0.1) is 7.11 Å². The van der Waals surface area contributed by atoms with Crippen LogP contribution in [0.1, 0.15) is 26.7 Å². The lowest BCUT2D eigenvalue weighted by Crippen LogP contribution is -2.03. The summed E-state index contributed by atoms with van der Waals surface area (Å²) in [7, 11) is 1.63. The largest absolute Gasteiger partial charge is 0.490 e. The van der Waals surface area contributed by atoms with Crippen LogP contribution in [0.4, 0.5) is 0 Å². The summed E-state index contributed by atoms with van der Waals surface area (Å²) < 4.78 is 4.85. The van der Waals surface area contributed by atoms with Gasteiger partial charge in [-0.3, -0.25) is 0 Å². The molecule has 0 aromatic heterocycles. The summed E-state index contributed by atoms with van der Waals surface area (Å²) in [4.78, 5) is 0. The quantitative estimate of drug-likeness (QED) is 0.565. The van der Waals surface area contributed by atoms with Gasteiger partial charge in [0.25, 0.3) is 0 Å². The van der Waals surface area contributed by atoms with Gasteiger partial charge in [0.2, 0.25) is 0 Å². The Balaban J connectivity index is 3.34. The molecule has 0 aliphatic carbocycles. The van der Waals surface area contributed by atoms with Crippen LogP contribution in [-0.2, 0) is 4.74 Å². The van der Waals surface area contributed by atoms with Crippen molar-refractivity contribution in [2.75, 3.05) is 7.11 Å². The molecule has 0 aliphatic heterocycles. The molecule has 0 aliphatic rings. The molecule has 0 saturated carbocycles. The van der Waals surface area contributed by atoms with Gasteiger partial charge >= 0.3 is 0 Å². The van der Waals surface area contributed by atoms with E-state index in [-0.39, 0.29) is 0 Å². The molecule has 0 aromatic carbocycles. The van der Waals surface area contributed by atoms with E-state index in [2.05, 4.69) is 13.8 Å². The van der Waals surface area contributed by atoms with Gasteiger partial charge in [-0.25, -0.2) is 0 Å². The summed E-state index contributed by atoms with van der Waals surface area (Å²) in [5.74, 6) is 0.664. The smallest absolute Gasteiger partial charge is 0.159 e. The Morgan fingerprint density at radius 3 is 2.56 bits per heavy atom. The van der Waals surface area contributed by atoms with E-state index in [1.165, 1.54) is 6.42 Å². The first kappa shape index (κ1) is 8.89. The van der Waals surface area contributed by atoms with Crippen LogP contribution in [0.3, 0.4) is 0 Å². The second kappa shape index (κ2) is 4.74. The first-order valence-electron chi connectivity index (χ1n) is 3.27. The molecule has 0 rings (SSSR count). The second-order valence-corrected chi connectivity index (χ2v) is 2.75. The molecule has 0 heterocycles. The third-order valence-corrected chi connectivity index (χ3v) is 1.77. The summed E-state index contributed by atoms with van der Waals surface area (Å²) in [6.07, 6.45) is 2.09. The van der Waals surface area contributed by atoms with Crippen LogP contribution in [0.25, 0.3) is 0 Å². The van der Waals surface area contributed by atoms with Crippen molar-refractivity contribution in [3.63, 3.8) is 0 Å². The number of thiocarbonyl (C=S) groups is 1. The molecule has 0 spiro atoms. The van der Waals surface area contributed by atoms with E-state index >= 15 is 0 Å². The van der Waals surface area contributed by atoms with Gasteiger partial charge in [0.1, 0.15) is 0 Å². The third-order valence-electron chi connectivity index (χ3n) is 1.44. The molecule has 1 unspecified atom stereocenters. The molecule has 0 bridgehead atoms. The molecule has 0 fully saturated rings. The van der Waals surface area contributed by atoms with Crippen molar-refractivity contribution in [3.8, 4) is 0 Å². The van der Waals surface area contributed by atoms with Gasteiger partial charge in [-0.05, 0) is 18.1 Å². The lowest BCUT2D eigenvalue weighted by atomic mass is 10.1. The zero-order chi connectivity index (χ0) is 7.28. The number of hydrogen-bond acceptors (Lipinski definition) is 2. The first-order chi connectivity index (χ1) is 4.20. The molecule has 2 heteroatoms. The molecule has 0 aromatic rings. The lowest BCUT2D eigenvalue weighted by Gasteiger charge is -2.06. The summed E-state index contributed by atoms with van der Waals surface area (Å²) in [6.45, 7) is 4.33. The third kappa shape index (κ3) is 4.40. The van der Waals surface area contributed by atoms with Crippen molar-refractivity contribution in [2.24, 2.45) is 5.92 Å². The van der Waals surface area contributed by atoms with Crippen LogP contribution in [0.5, 0.6) is 0 Å². The predicted molar refractivity (Wildman–Crippen MR) is 43.7 cm³/mol. The van der Waals surface area contributed by atoms with Gasteiger partial charge in [0.15, 0.2) is 5.05 Å². The molecular weight excluding hydrogens is 132 g/mol. The highest BCUT2D eigenvalue weighted by Gasteiger charge is 2.01. The van der Waals surface area contributed by atoms with Gasteiger partial charge in [-0.15, -0.1) is 0 Å². The van der Waals surface area contributed by atoms with Crippen LogP contribution in [0.15, 0.2) is 0 Å². The SMILES string of the molecule is CCC(C)CC(=S)OC. The van der Waals surface area contributed by atoms with Crippen LogP contribution in [-0.4, -0.2) is 12.2 Å². The van der Waals surface area contributed by atoms with Crippen molar-refractivity contribution >= 4 is 17.3 Å². The van der Waals surface area contributed by atoms with Crippen molar-refractivity contribution in [1.82, 2.24) is 0 Å². The maximum atomic E-state index is 4.88. The zero-order valence-electron chi connectivity index (χ0n) is 6.31. The topological polar surface area (TPSA) is 9.23 Å². The van der Waals surface area contributed by atoms with E-state index in [0.717, 1.165) is 11.5 Å². The average Bonchev–Trinajstić information content (AvgIpc) is 1.87. The molecule has 1 nitrogen and oxygen atoms in total. The van der Waals surface area contributed by atoms with Crippen LogP contribution >= 0.6 is 12.2 Å². The molecular formula is C7H14OS. The van der Waals surface area contributed by atoms with E-state index in [4.69, 9.17) is 17.0 Å². The second-order valence-electron chi connectivity index (χ2n) is 2.29. The molecule has 0 N–H and O–H groups in total. The predicted octanol–water partition coefficient (Wildman–Crippen LogP) is 2.40. The van der Waals surface area contributed by atoms with Crippen LogP contribution in [0.2, 0.25) is 0 Å². The Hall–Kier alpha value is -0.110. The minimum Gasteiger partial charge on any atom is -0.490 e. The number of rotatable bonds is 3. The Morgan fingerprint density at radius 1 is 1.67 bits per heavy atom. The molecule has 0 radical (unpaired) electrons. The summed E-state index contributed by atoms with van der Waals surface area (Å²) in [5, 5.41) is 0.726. The molecule has 54 valence electrons. The normalized spacial score (nSPS) is 12.8. The molecule has 0 amide bonds. The fourth-order valence-corrected chi connectivity index (χ4v) is 0.797. The maximum Gasteiger partial charge on any atom is 0.159 e. The summed E-state index contributed by atoms with van der Waals surface area (Å²) in [5.41, 5.74) is 0. The number of methoxy groups -OCH3 is 1. The highest BCUT2D eigenvalue weighted by molar-refractivity contribution is 7.80. The number of hydrogen-bond donors (Lipinski definition) is 0. The van der Waals surface area contributed by atoms with Crippen LogP contribution in [0, 0.1) is 5.92 Å². The van der Waals surface area contributed by atoms with Gasteiger partial charge < -0.3 is 4.74 Å². The van der Waals surface area contributed by atoms with E-state index in [1.807, 2.05) is 0 Å². The van der Waals surface area contributed by atoms with Crippen molar-refractivity contribution in [2.45, 2.75) is 26.7 Å². The van der Waals surface area contributed by atoms with E-state index in [0.29, 0.717) is 5.92 Å². The monoisotopic (exact) mass is 146 g/mol. The summed E-state index contributed by atoms with van der Waals surface area (Å²) in [6, 6.07) is 0. The molecule has 0 saturated heterocycles. The Bertz CT molecular complexity index is 90.9. The molecule has 1 atom stereocenters. The highest BCUT2D eigenvalue weighted by Crippen LogP contribution is 2.07. The van der Waals surface area contributed by atoms with E-state index in [1.54, 1.807) is 7.11 Å². The van der Waals surface area contributed by atoms with Crippen LogP contribution < -0.4 is 0 Å².